The lowest BCUT2D eigenvalue weighted by Gasteiger charge is -2.01. The molecule has 0 aliphatic rings. The Hall–Kier alpha value is -2.00. The van der Waals surface area contributed by atoms with Crippen molar-refractivity contribution in [3.05, 3.63) is 53.8 Å². The maximum absolute atomic E-state index is 5.82. The lowest BCUT2D eigenvalue weighted by atomic mass is 10.2. The molecule has 3 aromatic rings. The molecule has 0 aromatic carbocycles. The summed E-state index contributed by atoms with van der Waals surface area (Å²) in [6.45, 7) is 0. The Bertz CT molecular complexity index is 668. The fourth-order valence-electron chi connectivity index (χ4n) is 1.64. The highest BCUT2D eigenvalue weighted by atomic mass is 35.5. The van der Waals surface area contributed by atoms with Crippen LogP contribution in [0.15, 0.2) is 48.7 Å². The lowest BCUT2D eigenvalue weighted by molar-refractivity contribution is 1.26. The van der Waals surface area contributed by atoms with Crippen LogP contribution in [0.2, 0.25) is 5.15 Å². The smallest absolute Gasteiger partial charge is 0.129 e. The summed E-state index contributed by atoms with van der Waals surface area (Å²) in [7, 11) is 0. The molecule has 3 rings (SSSR count). The molecule has 0 radical (unpaired) electrons. The van der Waals surface area contributed by atoms with E-state index in [0.29, 0.717) is 5.15 Å². The number of rotatable bonds is 1. The molecule has 0 aliphatic heterocycles. The number of hydrogen-bond donors (Lipinski definition) is 0. The molecule has 3 aromatic heterocycles. The number of hydrogen-bond acceptors (Lipinski definition) is 3. The summed E-state index contributed by atoms with van der Waals surface area (Å²) in [5.74, 6) is 0. The summed E-state index contributed by atoms with van der Waals surface area (Å²) < 4.78 is 0. The normalized spacial score (nSPS) is 10.6. The van der Waals surface area contributed by atoms with Crippen LogP contribution in [-0.4, -0.2) is 15.0 Å². The third-order valence-electron chi connectivity index (χ3n) is 2.44. The van der Waals surface area contributed by atoms with Gasteiger partial charge in [-0.25, -0.2) is 9.97 Å². The number of pyridine rings is 3. The molecule has 3 heterocycles. The zero-order valence-electron chi connectivity index (χ0n) is 8.84. The molecular formula is C13H8ClN3. The van der Waals surface area contributed by atoms with Gasteiger partial charge >= 0.3 is 0 Å². The van der Waals surface area contributed by atoms with Crippen molar-refractivity contribution in [1.29, 1.82) is 0 Å². The molecule has 4 heteroatoms. The first kappa shape index (κ1) is 10.2. The van der Waals surface area contributed by atoms with E-state index in [0.717, 1.165) is 22.4 Å². The molecule has 3 nitrogen and oxygen atoms in total. The first-order chi connectivity index (χ1) is 8.33. The van der Waals surface area contributed by atoms with Crippen molar-refractivity contribution >= 4 is 22.6 Å². The number of nitrogens with zero attached hydrogens (tertiary/aromatic N) is 3. The minimum absolute atomic E-state index is 0.477. The fourth-order valence-corrected chi connectivity index (χ4v) is 1.80. The van der Waals surface area contributed by atoms with Crippen LogP contribution in [0.1, 0.15) is 0 Å². The highest BCUT2D eigenvalue weighted by molar-refractivity contribution is 6.29. The highest BCUT2D eigenvalue weighted by Gasteiger charge is 2.03. The summed E-state index contributed by atoms with van der Waals surface area (Å²) >= 11 is 5.82. The van der Waals surface area contributed by atoms with Crippen molar-refractivity contribution < 1.29 is 0 Å². The highest BCUT2D eigenvalue weighted by Crippen LogP contribution is 2.19. The average Bonchev–Trinajstić information content (AvgIpc) is 2.39. The minimum Gasteiger partial charge on any atom is -0.255 e. The second kappa shape index (κ2) is 4.11. The summed E-state index contributed by atoms with van der Waals surface area (Å²) in [5, 5.41) is 0.477. The van der Waals surface area contributed by atoms with Gasteiger partial charge < -0.3 is 0 Å². The monoisotopic (exact) mass is 241 g/mol. The molecule has 0 atom stereocenters. The molecule has 0 N–H and O–H groups in total. The number of aromatic nitrogens is 3. The summed E-state index contributed by atoms with van der Waals surface area (Å²) in [4.78, 5) is 13.0. The molecule has 0 fully saturated rings. The van der Waals surface area contributed by atoms with E-state index in [4.69, 9.17) is 11.6 Å². The van der Waals surface area contributed by atoms with Crippen molar-refractivity contribution in [3.63, 3.8) is 0 Å². The zero-order valence-corrected chi connectivity index (χ0v) is 9.59. The second-order valence-corrected chi connectivity index (χ2v) is 3.97. The van der Waals surface area contributed by atoms with Gasteiger partial charge in [0.15, 0.2) is 0 Å². The second-order valence-electron chi connectivity index (χ2n) is 3.58. The van der Waals surface area contributed by atoms with E-state index in [1.54, 1.807) is 12.3 Å². The van der Waals surface area contributed by atoms with Crippen LogP contribution >= 0.6 is 11.6 Å². The molecule has 0 saturated carbocycles. The van der Waals surface area contributed by atoms with E-state index < -0.39 is 0 Å². The van der Waals surface area contributed by atoms with Crippen molar-refractivity contribution in [3.8, 4) is 11.4 Å². The number of fused-ring (bicyclic) bond motifs is 1. The Morgan fingerprint density at radius 1 is 0.765 bits per heavy atom. The van der Waals surface area contributed by atoms with Gasteiger partial charge in [-0.3, -0.25) is 4.98 Å². The van der Waals surface area contributed by atoms with Gasteiger partial charge in [-0.1, -0.05) is 17.7 Å². The van der Waals surface area contributed by atoms with Crippen molar-refractivity contribution in [2.24, 2.45) is 0 Å². The third-order valence-corrected chi connectivity index (χ3v) is 2.65. The average molecular weight is 242 g/mol. The van der Waals surface area contributed by atoms with E-state index >= 15 is 0 Å². The molecule has 0 amide bonds. The van der Waals surface area contributed by atoms with Gasteiger partial charge in [-0.15, -0.1) is 0 Å². The summed E-state index contributed by atoms with van der Waals surface area (Å²) in [5.41, 5.74) is 3.29. The van der Waals surface area contributed by atoms with Crippen LogP contribution in [0.3, 0.4) is 0 Å². The van der Waals surface area contributed by atoms with Crippen LogP contribution in [0.5, 0.6) is 0 Å². The quantitative estimate of drug-likeness (QED) is 0.614. The van der Waals surface area contributed by atoms with Gasteiger partial charge in [0.2, 0.25) is 0 Å². The predicted octanol–water partition coefficient (Wildman–Crippen LogP) is 3.35. The van der Waals surface area contributed by atoms with Gasteiger partial charge in [0.05, 0.1) is 22.4 Å². The van der Waals surface area contributed by atoms with Crippen LogP contribution in [0.25, 0.3) is 22.4 Å². The topological polar surface area (TPSA) is 38.7 Å². The Morgan fingerprint density at radius 2 is 1.59 bits per heavy atom. The lowest BCUT2D eigenvalue weighted by Crippen LogP contribution is -1.89. The Morgan fingerprint density at radius 3 is 2.41 bits per heavy atom. The van der Waals surface area contributed by atoms with Crippen LogP contribution in [0.4, 0.5) is 0 Å². The maximum atomic E-state index is 5.82. The standard InChI is InChI=1S/C13H8ClN3/c14-13-7-6-11-12(17-13)5-4-10(16-11)9-3-1-2-8-15-9/h1-8H. The SMILES string of the molecule is Clc1ccc2nc(-c3ccccn3)ccc2n1. The van der Waals surface area contributed by atoms with E-state index in [1.807, 2.05) is 36.4 Å². The molecule has 0 unspecified atom stereocenters. The number of halogens is 1. The Kier molecular flexibility index (Phi) is 2.46. The van der Waals surface area contributed by atoms with Crippen LogP contribution in [0, 0.1) is 0 Å². The molecule has 0 saturated heterocycles. The van der Waals surface area contributed by atoms with E-state index in [1.165, 1.54) is 0 Å². The van der Waals surface area contributed by atoms with E-state index in [2.05, 4.69) is 15.0 Å². The molecule has 0 bridgehead atoms. The molecule has 0 aliphatic carbocycles. The summed E-state index contributed by atoms with van der Waals surface area (Å²) in [6, 6.07) is 13.1. The predicted molar refractivity (Wildman–Crippen MR) is 67.8 cm³/mol. The van der Waals surface area contributed by atoms with Crippen molar-refractivity contribution in [1.82, 2.24) is 15.0 Å². The molecular weight excluding hydrogens is 234 g/mol. The van der Waals surface area contributed by atoms with Gasteiger partial charge in [-0.2, -0.15) is 0 Å². The third kappa shape index (κ3) is 1.97. The first-order valence-corrected chi connectivity index (χ1v) is 5.55. The van der Waals surface area contributed by atoms with Crippen molar-refractivity contribution in [2.75, 3.05) is 0 Å². The fraction of sp³-hybridized carbons (Fsp3) is 0. The minimum atomic E-state index is 0.477. The Balaban J connectivity index is 2.17. The summed E-state index contributed by atoms with van der Waals surface area (Å²) in [6.07, 6.45) is 1.75. The molecule has 82 valence electrons. The Labute approximate surface area is 103 Å². The van der Waals surface area contributed by atoms with Crippen molar-refractivity contribution in [2.45, 2.75) is 0 Å². The van der Waals surface area contributed by atoms with Gasteiger partial charge in [0.1, 0.15) is 5.15 Å². The molecule has 17 heavy (non-hydrogen) atoms. The van der Waals surface area contributed by atoms with E-state index in [9.17, 15) is 0 Å². The van der Waals surface area contributed by atoms with Gasteiger partial charge in [0.25, 0.3) is 0 Å². The zero-order chi connectivity index (χ0) is 11.7. The van der Waals surface area contributed by atoms with Crippen LogP contribution < -0.4 is 0 Å². The van der Waals surface area contributed by atoms with Gasteiger partial charge in [-0.05, 0) is 36.4 Å². The maximum Gasteiger partial charge on any atom is 0.129 e. The van der Waals surface area contributed by atoms with E-state index in [-0.39, 0.29) is 0 Å². The molecule has 0 spiro atoms. The van der Waals surface area contributed by atoms with Crippen LogP contribution in [-0.2, 0) is 0 Å². The largest absolute Gasteiger partial charge is 0.255 e. The van der Waals surface area contributed by atoms with Gasteiger partial charge in [0, 0.05) is 6.20 Å². The first-order valence-electron chi connectivity index (χ1n) is 5.18.